The molecule has 1 saturated heterocycles. The van der Waals surface area contributed by atoms with E-state index in [-0.39, 0.29) is 6.10 Å². The lowest BCUT2D eigenvalue weighted by Crippen LogP contribution is -2.37. The number of rotatable bonds is 4. The largest absolute Gasteiger partial charge is 0.376 e. The number of hydrogen-bond acceptors (Lipinski definition) is 6. The van der Waals surface area contributed by atoms with Gasteiger partial charge in [0.15, 0.2) is 0 Å². The van der Waals surface area contributed by atoms with Crippen LogP contribution < -0.4 is 5.32 Å². The maximum Gasteiger partial charge on any atom is 0.0933 e. The number of ether oxygens (including phenoxy) is 2. The number of nitrogens with one attached hydrogen (secondary N) is 1. The summed E-state index contributed by atoms with van der Waals surface area (Å²) >= 11 is 1.37. The van der Waals surface area contributed by atoms with Gasteiger partial charge in [0.25, 0.3) is 0 Å². The average molecular weight is 215 g/mol. The highest BCUT2D eigenvalue weighted by molar-refractivity contribution is 7.03. The highest BCUT2D eigenvalue weighted by Gasteiger charge is 2.13. The molecule has 2 rings (SSSR count). The maximum atomic E-state index is 5.48. The van der Waals surface area contributed by atoms with Crippen molar-refractivity contribution in [2.75, 3.05) is 26.4 Å². The molecule has 0 bridgehead atoms. The maximum absolute atomic E-state index is 5.48. The fourth-order valence-corrected chi connectivity index (χ4v) is 1.73. The van der Waals surface area contributed by atoms with Gasteiger partial charge in [0.1, 0.15) is 0 Å². The molecular weight excluding hydrogens is 202 g/mol. The van der Waals surface area contributed by atoms with Crippen LogP contribution in [0.4, 0.5) is 0 Å². The van der Waals surface area contributed by atoms with Gasteiger partial charge in [0.05, 0.1) is 31.6 Å². The molecule has 1 aromatic rings. The fourth-order valence-electron chi connectivity index (χ4n) is 1.28. The van der Waals surface area contributed by atoms with E-state index in [9.17, 15) is 0 Å². The summed E-state index contributed by atoms with van der Waals surface area (Å²) < 4.78 is 14.5. The van der Waals surface area contributed by atoms with Crippen molar-refractivity contribution in [3.05, 3.63) is 11.1 Å². The van der Waals surface area contributed by atoms with Crippen LogP contribution in [0.1, 0.15) is 5.69 Å². The quantitative estimate of drug-likeness (QED) is 0.768. The van der Waals surface area contributed by atoms with E-state index in [1.165, 1.54) is 11.5 Å². The molecule has 5 nitrogen and oxygen atoms in total. The summed E-state index contributed by atoms with van der Waals surface area (Å²) in [5.41, 5.74) is 0.978. The second-order valence-corrected chi connectivity index (χ2v) is 3.70. The standard InChI is InChI=1S/C8H13N3O2S/c1-2-13-8(5-12-1)4-9-3-7-6-14-11-10-7/h6,8-9H,1-5H2. The van der Waals surface area contributed by atoms with Crippen LogP contribution in [0.2, 0.25) is 0 Å². The van der Waals surface area contributed by atoms with E-state index >= 15 is 0 Å². The SMILES string of the molecule is c1snnc1CNCC1COCCO1. The molecule has 1 fully saturated rings. The Morgan fingerprint density at radius 2 is 2.57 bits per heavy atom. The molecule has 1 N–H and O–H groups in total. The van der Waals surface area contributed by atoms with Crippen molar-refractivity contribution in [1.82, 2.24) is 14.9 Å². The summed E-state index contributed by atoms with van der Waals surface area (Å²) in [7, 11) is 0. The molecule has 0 radical (unpaired) electrons. The van der Waals surface area contributed by atoms with Gasteiger partial charge in [-0.3, -0.25) is 0 Å². The van der Waals surface area contributed by atoms with Gasteiger partial charge >= 0.3 is 0 Å². The van der Waals surface area contributed by atoms with Crippen molar-refractivity contribution in [2.45, 2.75) is 12.6 Å². The van der Waals surface area contributed by atoms with E-state index in [1.807, 2.05) is 5.38 Å². The van der Waals surface area contributed by atoms with Gasteiger partial charge in [-0.15, -0.1) is 5.10 Å². The summed E-state index contributed by atoms with van der Waals surface area (Å²) in [5.74, 6) is 0. The molecule has 1 unspecified atom stereocenters. The van der Waals surface area contributed by atoms with E-state index in [0.29, 0.717) is 19.8 Å². The smallest absolute Gasteiger partial charge is 0.0933 e. The normalized spacial score (nSPS) is 22.4. The van der Waals surface area contributed by atoms with Crippen LogP contribution in [0.15, 0.2) is 5.38 Å². The van der Waals surface area contributed by atoms with Crippen molar-refractivity contribution in [2.24, 2.45) is 0 Å². The average Bonchev–Trinajstić information content (AvgIpc) is 2.72. The third-order valence-corrected chi connectivity index (χ3v) is 2.52. The molecule has 0 amide bonds. The molecular formula is C8H13N3O2S. The first-order valence-corrected chi connectivity index (χ1v) is 5.45. The Balaban J connectivity index is 1.62. The zero-order chi connectivity index (χ0) is 9.64. The lowest BCUT2D eigenvalue weighted by Gasteiger charge is -2.22. The van der Waals surface area contributed by atoms with Crippen molar-refractivity contribution in [3.63, 3.8) is 0 Å². The Morgan fingerprint density at radius 3 is 3.29 bits per heavy atom. The molecule has 78 valence electrons. The molecule has 1 aliphatic heterocycles. The van der Waals surface area contributed by atoms with Crippen molar-refractivity contribution in [3.8, 4) is 0 Å². The number of hydrogen-bond donors (Lipinski definition) is 1. The summed E-state index contributed by atoms with van der Waals surface area (Å²) in [6.45, 7) is 3.65. The Bertz CT molecular complexity index is 249. The van der Waals surface area contributed by atoms with Gasteiger partial charge in [-0.1, -0.05) is 4.49 Å². The molecule has 1 atom stereocenters. The van der Waals surface area contributed by atoms with Gasteiger partial charge < -0.3 is 14.8 Å². The Labute approximate surface area is 86.6 Å². The topological polar surface area (TPSA) is 56.3 Å². The molecule has 0 aromatic carbocycles. The molecule has 0 saturated carbocycles. The lowest BCUT2D eigenvalue weighted by atomic mass is 10.3. The zero-order valence-electron chi connectivity index (χ0n) is 7.81. The third-order valence-electron chi connectivity index (χ3n) is 1.97. The van der Waals surface area contributed by atoms with Crippen LogP contribution in [-0.2, 0) is 16.0 Å². The van der Waals surface area contributed by atoms with Gasteiger partial charge in [0, 0.05) is 18.5 Å². The molecule has 14 heavy (non-hydrogen) atoms. The van der Waals surface area contributed by atoms with Crippen LogP contribution in [0, 0.1) is 0 Å². The van der Waals surface area contributed by atoms with Crippen LogP contribution in [-0.4, -0.2) is 42.1 Å². The predicted molar refractivity (Wildman–Crippen MR) is 52.2 cm³/mol. The first-order chi connectivity index (χ1) is 6.95. The monoisotopic (exact) mass is 215 g/mol. The molecule has 0 spiro atoms. The summed E-state index contributed by atoms with van der Waals surface area (Å²) in [4.78, 5) is 0. The molecule has 0 aliphatic carbocycles. The van der Waals surface area contributed by atoms with E-state index in [4.69, 9.17) is 9.47 Å². The Kier molecular flexibility index (Phi) is 3.81. The second-order valence-electron chi connectivity index (χ2n) is 3.09. The Hall–Kier alpha value is -0.560. The van der Waals surface area contributed by atoms with Crippen LogP contribution in [0.25, 0.3) is 0 Å². The molecule has 2 heterocycles. The second kappa shape index (κ2) is 5.35. The van der Waals surface area contributed by atoms with Gasteiger partial charge in [0.2, 0.25) is 0 Å². The molecule has 6 heteroatoms. The van der Waals surface area contributed by atoms with Gasteiger partial charge in [-0.25, -0.2) is 0 Å². The van der Waals surface area contributed by atoms with Crippen molar-refractivity contribution >= 4 is 11.5 Å². The highest BCUT2D eigenvalue weighted by atomic mass is 32.1. The van der Waals surface area contributed by atoms with E-state index in [0.717, 1.165) is 18.8 Å². The van der Waals surface area contributed by atoms with Crippen molar-refractivity contribution < 1.29 is 9.47 Å². The van der Waals surface area contributed by atoms with Gasteiger partial charge in [-0.05, 0) is 11.5 Å². The zero-order valence-corrected chi connectivity index (χ0v) is 8.63. The van der Waals surface area contributed by atoms with Crippen molar-refractivity contribution in [1.29, 1.82) is 0 Å². The van der Waals surface area contributed by atoms with Crippen LogP contribution in [0.5, 0.6) is 0 Å². The number of aromatic nitrogens is 2. The Morgan fingerprint density at radius 1 is 1.57 bits per heavy atom. The lowest BCUT2D eigenvalue weighted by molar-refractivity contribution is -0.0864. The minimum Gasteiger partial charge on any atom is -0.376 e. The highest BCUT2D eigenvalue weighted by Crippen LogP contribution is 2.00. The predicted octanol–water partition coefficient (Wildman–Crippen LogP) is 0.0431. The van der Waals surface area contributed by atoms with Gasteiger partial charge in [-0.2, -0.15) is 0 Å². The summed E-state index contributed by atoms with van der Waals surface area (Å²) in [6.07, 6.45) is 0.176. The van der Waals surface area contributed by atoms with E-state index in [1.54, 1.807) is 0 Å². The van der Waals surface area contributed by atoms with E-state index < -0.39 is 0 Å². The summed E-state index contributed by atoms with van der Waals surface area (Å²) in [5, 5.41) is 9.13. The first kappa shape index (κ1) is 9.97. The number of nitrogens with zero attached hydrogens (tertiary/aromatic N) is 2. The van der Waals surface area contributed by atoms with Crippen LogP contribution in [0.3, 0.4) is 0 Å². The third kappa shape index (κ3) is 2.98. The molecule has 1 aliphatic rings. The van der Waals surface area contributed by atoms with E-state index in [2.05, 4.69) is 14.9 Å². The minimum absolute atomic E-state index is 0.176. The minimum atomic E-state index is 0.176. The summed E-state index contributed by atoms with van der Waals surface area (Å²) in [6, 6.07) is 0. The molecule has 1 aromatic heterocycles. The first-order valence-electron chi connectivity index (χ1n) is 4.61. The fraction of sp³-hybridized carbons (Fsp3) is 0.750. The van der Waals surface area contributed by atoms with Crippen LogP contribution >= 0.6 is 11.5 Å².